The first-order chi connectivity index (χ1) is 15.3. The van der Waals surface area contributed by atoms with Gasteiger partial charge < -0.3 is 14.8 Å². The van der Waals surface area contributed by atoms with Crippen molar-refractivity contribution in [1.29, 1.82) is 0 Å². The molecule has 0 atom stereocenters. The highest BCUT2D eigenvalue weighted by atomic mass is 19.4. The molecule has 2 N–H and O–H groups in total. The second-order valence-corrected chi connectivity index (χ2v) is 6.80. The predicted octanol–water partition coefficient (Wildman–Crippen LogP) is 4.02. The zero-order chi connectivity index (χ0) is 23.1. The van der Waals surface area contributed by atoms with E-state index in [4.69, 9.17) is 9.90 Å². The zero-order valence-electron chi connectivity index (χ0n) is 17.0. The van der Waals surface area contributed by atoms with Crippen molar-refractivity contribution in [2.75, 3.05) is 0 Å². The van der Waals surface area contributed by atoms with Crippen molar-refractivity contribution in [1.82, 2.24) is 24.7 Å². The number of aromatic nitrogens is 4. The van der Waals surface area contributed by atoms with Crippen molar-refractivity contribution >= 4 is 11.6 Å². The Morgan fingerprint density at radius 1 is 1.06 bits per heavy atom. The number of nitrogens with zero attached hydrogens (tertiary/aromatic N) is 4. The molecule has 0 fully saturated rings. The standard InChI is InChI=1S/C20H19N5.C2HF3O2/c1-15-19(25-8-3-2-6-20(25)24-15)14-23-11-16-9-18(13-22-10-16)17-5-4-7-21-12-17;3-2(4,5)1(6)7/h2-10,12-13,23H,11,14H2,1H3;(H,6,7). The van der Waals surface area contributed by atoms with Gasteiger partial charge in [-0.2, -0.15) is 13.2 Å². The zero-order valence-corrected chi connectivity index (χ0v) is 17.0. The monoisotopic (exact) mass is 443 g/mol. The molecule has 7 nitrogen and oxygen atoms in total. The van der Waals surface area contributed by atoms with Crippen LogP contribution in [-0.4, -0.2) is 36.6 Å². The Hall–Kier alpha value is -3.79. The smallest absolute Gasteiger partial charge is 0.475 e. The largest absolute Gasteiger partial charge is 0.490 e. The third kappa shape index (κ3) is 5.88. The molecule has 0 saturated heterocycles. The number of fused-ring (bicyclic) bond motifs is 1. The number of halogens is 3. The highest BCUT2D eigenvalue weighted by Crippen LogP contribution is 2.18. The molecule has 0 aromatic carbocycles. The lowest BCUT2D eigenvalue weighted by atomic mass is 10.1. The van der Waals surface area contributed by atoms with Crippen molar-refractivity contribution in [3.8, 4) is 11.1 Å². The van der Waals surface area contributed by atoms with Crippen LogP contribution in [-0.2, 0) is 17.9 Å². The lowest BCUT2D eigenvalue weighted by Crippen LogP contribution is -2.21. The van der Waals surface area contributed by atoms with E-state index in [0.29, 0.717) is 0 Å². The predicted molar refractivity (Wildman–Crippen MR) is 112 cm³/mol. The van der Waals surface area contributed by atoms with E-state index in [1.807, 2.05) is 48.9 Å². The van der Waals surface area contributed by atoms with Crippen LogP contribution in [0, 0.1) is 6.92 Å². The Balaban J connectivity index is 0.000000360. The molecule has 4 rings (SSSR count). The molecule has 0 unspecified atom stereocenters. The van der Waals surface area contributed by atoms with Crippen LogP contribution in [0.15, 0.2) is 67.4 Å². The summed E-state index contributed by atoms with van der Waals surface area (Å²) in [5, 5.41) is 10.6. The first-order valence-electron chi connectivity index (χ1n) is 9.53. The van der Waals surface area contributed by atoms with E-state index in [2.05, 4.69) is 43.9 Å². The summed E-state index contributed by atoms with van der Waals surface area (Å²) in [5.74, 6) is -2.76. The van der Waals surface area contributed by atoms with Crippen LogP contribution >= 0.6 is 0 Å². The van der Waals surface area contributed by atoms with Gasteiger partial charge in [0.15, 0.2) is 0 Å². The number of hydrogen-bond donors (Lipinski definition) is 2. The molecule has 0 aliphatic heterocycles. The Labute approximate surface area is 181 Å². The van der Waals surface area contributed by atoms with Crippen LogP contribution in [0.25, 0.3) is 16.8 Å². The number of carboxylic acid groups (broad SMARTS) is 1. The minimum absolute atomic E-state index is 0.751. The second-order valence-electron chi connectivity index (χ2n) is 6.80. The van der Waals surface area contributed by atoms with Crippen LogP contribution < -0.4 is 5.32 Å². The highest BCUT2D eigenvalue weighted by Gasteiger charge is 2.38. The van der Waals surface area contributed by atoms with E-state index < -0.39 is 12.1 Å². The summed E-state index contributed by atoms with van der Waals surface area (Å²) in [7, 11) is 0. The lowest BCUT2D eigenvalue weighted by molar-refractivity contribution is -0.192. The van der Waals surface area contributed by atoms with E-state index in [1.54, 1.807) is 6.20 Å². The maximum absolute atomic E-state index is 10.6. The van der Waals surface area contributed by atoms with E-state index in [9.17, 15) is 13.2 Å². The van der Waals surface area contributed by atoms with Gasteiger partial charge in [-0.25, -0.2) is 9.78 Å². The molecule has 4 heterocycles. The molecular weight excluding hydrogens is 423 g/mol. The van der Waals surface area contributed by atoms with Crippen molar-refractivity contribution < 1.29 is 23.1 Å². The minimum Gasteiger partial charge on any atom is -0.475 e. The van der Waals surface area contributed by atoms with Gasteiger partial charge in [-0.3, -0.25) is 9.97 Å². The quantitative estimate of drug-likeness (QED) is 0.484. The summed E-state index contributed by atoms with van der Waals surface area (Å²) in [6.07, 6.45) is 4.37. The van der Waals surface area contributed by atoms with E-state index >= 15 is 0 Å². The summed E-state index contributed by atoms with van der Waals surface area (Å²) in [6.45, 7) is 3.56. The third-order valence-corrected chi connectivity index (χ3v) is 4.48. The number of alkyl halides is 3. The molecular formula is C22H20F3N5O2. The van der Waals surface area contributed by atoms with Crippen LogP contribution in [0.2, 0.25) is 0 Å². The van der Waals surface area contributed by atoms with Gasteiger partial charge in [0.05, 0.1) is 11.4 Å². The summed E-state index contributed by atoms with van der Waals surface area (Å²) in [6, 6.07) is 12.2. The van der Waals surface area contributed by atoms with Gasteiger partial charge in [-0.15, -0.1) is 0 Å². The first-order valence-corrected chi connectivity index (χ1v) is 9.53. The van der Waals surface area contributed by atoms with Gasteiger partial charge in [0.1, 0.15) is 5.65 Å². The molecule has 4 aromatic heterocycles. The molecule has 0 aliphatic carbocycles. The van der Waals surface area contributed by atoms with E-state index in [-0.39, 0.29) is 0 Å². The summed E-state index contributed by atoms with van der Waals surface area (Å²) >= 11 is 0. The number of aliphatic carboxylic acids is 1. The number of aryl methyl sites for hydroxylation is 1. The van der Waals surface area contributed by atoms with Gasteiger partial charge in [0, 0.05) is 55.2 Å². The normalized spacial score (nSPS) is 11.1. The summed E-state index contributed by atoms with van der Waals surface area (Å²) in [5.41, 5.74) is 6.53. The Morgan fingerprint density at radius 3 is 2.50 bits per heavy atom. The first kappa shape index (κ1) is 22.9. The van der Waals surface area contributed by atoms with Crippen LogP contribution in [0.3, 0.4) is 0 Å². The molecule has 166 valence electrons. The molecule has 0 aliphatic rings. The van der Waals surface area contributed by atoms with E-state index in [1.165, 1.54) is 5.69 Å². The number of carboxylic acids is 1. The molecule has 0 spiro atoms. The van der Waals surface area contributed by atoms with Crippen LogP contribution in [0.5, 0.6) is 0 Å². The number of imidazole rings is 1. The summed E-state index contributed by atoms with van der Waals surface area (Å²) in [4.78, 5) is 22.0. The maximum atomic E-state index is 10.6. The number of pyridine rings is 3. The second kappa shape index (κ2) is 10.0. The fraction of sp³-hybridized carbons (Fsp3) is 0.182. The number of rotatable bonds is 5. The van der Waals surface area contributed by atoms with Gasteiger partial charge >= 0.3 is 12.1 Å². The number of hydrogen-bond acceptors (Lipinski definition) is 5. The molecule has 32 heavy (non-hydrogen) atoms. The Kier molecular flexibility index (Phi) is 7.16. The minimum atomic E-state index is -5.08. The van der Waals surface area contributed by atoms with Crippen LogP contribution in [0.4, 0.5) is 13.2 Å². The number of nitrogens with one attached hydrogen (secondary N) is 1. The molecule has 0 amide bonds. The average Bonchev–Trinajstić information content (AvgIpc) is 3.09. The van der Waals surface area contributed by atoms with Gasteiger partial charge in [0.25, 0.3) is 0 Å². The Bertz CT molecular complexity index is 1190. The average molecular weight is 443 g/mol. The number of carbonyl (C=O) groups is 1. The topological polar surface area (TPSA) is 92.4 Å². The van der Waals surface area contributed by atoms with Crippen LogP contribution in [0.1, 0.15) is 17.0 Å². The lowest BCUT2D eigenvalue weighted by Gasteiger charge is -2.08. The highest BCUT2D eigenvalue weighted by molar-refractivity contribution is 5.73. The fourth-order valence-electron chi connectivity index (χ4n) is 2.98. The van der Waals surface area contributed by atoms with Crippen molar-refractivity contribution in [3.63, 3.8) is 0 Å². The van der Waals surface area contributed by atoms with E-state index in [0.717, 1.165) is 41.1 Å². The van der Waals surface area contributed by atoms with Gasteiger partial charge in [-0.1, -0.05) is 12.1 Å². The van der Waals surface area contributed by atoms with Crippen molar-refractivity contribution in [2.24, 2.45) is 0 Å². The van der Waals surface area contributed by atoms with Crippen molar-refractivity contribution in [3.05, 3.63) is 84.3 Å². The molecule has 0 saturated carbocycles. The molecule has 4 aromatic rings. The Morgan fingerprint density at radius 2 is 1.81 bits per heavy atom. The SMILES string of the molecule is Cc1nc2ccccn2c1CNCc1cncc(-c2cccnc2)c1.O=C(O)C(F)(F)F. The van der Waals surface area contributed by atoms with Gasteiger partial charge in [0.2, 0.25) is 0 Å². The van der Waals surface area contributed by atoms with Crippen molar-refractivity contribution in [2.45, 2.75) is 26.2 Å². The fourth-order valence-corrected chi connectivity index (χ4v) is 2.98. The molecule has 0 radical (unpaired) electrons. The summed E-state index contributed by atoms with van der Waals surface area (Å²) < 4.78 is 33.9. The van der Waals surface area contributed by atoms with Gasteiger partial charge in [-0.05, 0) is 36.8 Å². The molecule has 0 bridgehead atoms. The third-order valence-electron chi connectivity index (χ3n) is 4.48. The molecule has 10 heteroatoms. The maximum Gasteiger partial charge on any atom is 0.490 e.